The molecule has 3 aromatic rings. The minimum atomic E-state index is -0.833. The molecule has 0 fully saturated rings. The Kier molecular flexibility index (Phi) is 7.97. The van der Waals surface area contributed by atoms with E-state index in [0.29, 0.717) is 17.1 Å². The summed E-state index contributed by atoms with van der Waals surface area (Å²) >= 11 is 0. The number of benzene rings is 3. The van der Waals surface area contributed by atoms with Crippen molar-refractivity contribution in [3.05, 3.63) is 89.5 Å². The van der Waals surface area contributed by atoms with Gasteiger partial charge in [0, 0.05) is 29.9 Å². The van der Waals surface area contributed by atoms with Crippen molar-refractivity contribution in [3.63, 3.8) is 0 Å². The number of aryl methyl sites for hydroxylation is 3. The van der Waals surface area contributed by atoms with E-state index in [1.54, 1.807) is 18.2 Å². The van der Waals surface area contributed by atoms with E-state index in [0.717, 1.165) is 16.7 Å². The molecule has 0 aromatic heterocycles. The first kappa shape index (κ1) is 23.7. The summed E-state index contributed by atoms with van der Waals surface area (Å²) in [7, 11) is 0. The lowest BCUT2D eigenvalue weighted by Crippen LogP contribution is -2.31. The molecule has 0 bridgehead atoms. The van der Waals surface area contributed by atoms with Gasteiger partial charge in [0.2, 0.25) is 17.7 Å². The molecule has 0 heterocycles. The van der Waals surface area contributed by atoms with Crippen LogP contribution in [-0.4, -0.2) is 17.7 Å². The van der Waals surface area contributed by atoms with Gasteiger partial charge in [-0.25, -0.2) is 0 Å². The van der Waals surface area contributed by atoms with Gasteiger partial charge in [0.25, 0.3) is 0 Å². The second-order valence-electron chi connectivity index (χ2n) is 8.30. The summed E-state index contributed by atoms with van der Waals surface area (Å²) in [5.41, 5.74) is 4.96. The van der Waals surface area contributed by atoms with E-state index in [1.807, 2.05) is 75.4 Å². The summed E-state index contributed by atoms with van der Waals surface area (Å²) in [5, 5.41) is 8.48. The highest BCUT2D eigenvalue weighted by atomic mass is 16.2. The zero-order valence-electron chi connectivity index (χ0n) is 19.1. The Balaban J connectivity index is 1.71. The topological polar surface area (TPSA) is 87.3 Å². The Morgan fingerprint density at radius 1 is 0.606 bits per heavy atom. The molecule has 0 spiro atoms. The van der Waals surface area contributed by atoms with Crippen molar-refractivity contribution in [2.75, 3.05) is 16.0 Å². The van der Waals surface area contributed by atoms with Crippen molar-refractivity contribution in [2.24, 2.45) is 5.92 Å². The molecular formula is C27H29N3O3. The lowest BCUT2D eigenvalue weighted by Gasteiger charge is -2.17. The lowest BCUT2D eigenvalue weighted by molar-refractivity contribution is -0.127. The van der Waals surface area contributed by atoms with Crippen molar-refractivity contribution in [1.29, 1.82) is 0 Å². The van der Waals surface area contributed by atoms with Gasteiger partial charge in [-0.1, -0.05) is 36.4 Å². The molecule has 170 valence electrons. The Labute approximate surface area is 194 Å². The number of carbonyl (C=O) groups is 3. The third-order valence-corrected chi connectivity index (χ3v) is 5.12. The minimum Gasteiger partial charge on any atom is -0.326 e. The van der Waals surface area contributed by atoms with Crippen molar-refractivity contribution >= 4 is 34.8 Å². The number of hydrogen-bond acceptors (Lipinski definition) is 3. The lowest BCUT2D eigenvalue weighted by atomic mass is 9.98. The van der Waals surface area contributed by atoms with Crippen LogP contribution in [-0.2, 0) is 14.4 Å². The van der Waals surface area contributed by atoms with Gasteiger partial charge < -0.3 is 16.0 Å². The van der Waals surface area contributed by atoms with E-state index in [9.17, 15) is 14.4 Å². The van der Waals surface area contributed by atoms with Crippen LogP contribution in [0.15, 0.2) is 72.8 Å². The van der Waals surface area contributed by atoms with Crippen molar-refractivity contribution in [3.8, 4) is 0 Å². The molecule has 3 rings (SSSR count). The Morgan fingerprint density at radius 3 is 1.33 bits per heavy atom. The number of hydrogen-bond donors (Lipinski definition) is 3. The molecule has 0 unspecified atom stereocenters. The number of amides is 3. The van der Waals surface area contributed by atoms with Crippen molar-refractivity contribution in [1.82, 2.24) is 0 Å². The average molecular weight is 444 g/mol. The SMILES string of the molecule is Cc1cccc(NC(=O)CC(CC(=O)Nc2cccc(C)c2)C(=O)Nc2cccc(C)c2)c1. The molecule has 3 N–H and O–H groups in total. The third kappa shape index (κ3) is 7.61. The van der Waals surface area contributed by atoms with E-state index in [-0.39, 0.29) is 30.6 Å². The standard InChI is InChI=1S/C27H29N3O3/c1-18-7-4-10-22(13-18)28-25(31)16-21(27(33)30-24-12-6-9-20(3)15-24)17-26(32)29-23-11-5-8-19(2)14-23/h4-15,21H,16-17H2,1-3H3,(H,28,31)(H,29,32)(H,30,33). The Morgan fingerprint density at radius 2 is 0.970 bits per heavy atom. The Hall–Kier alpha value is -3.93. The average Bonchev–Trinajstić information content (AvgIpc) is 2.73. The molecule has 0 saturated carbocycles. The molecule has 33 heavy (non-hydrogen) atoms. The fraction of sp³-hybridized carbons (Fsp3) is 0.222. The van der Waals surface area contributed by atoms with Crippen LogP contribution in [0.1, 0.15) is 29.5 Å². The summed E-state index contributed by atoms with van der Waals surface area (Å²) in [5.74, 6) is -1.86. The first-order chi connectivity index (χ1) is 15.8. The predicted molar refractivity (Wildman–Crippen MR) is 132 cm³/mol. The van der Waals surface area contributed by atoms with Gasteiger partial charge in [0.05, 0.1) is 5.92 Å². The summed E-state index contributed by atoms with van der Waals surface area (Å²) in [6.45, 7) is 5.80. The molecule has 6 nitrogen and oxygen atoms in total. The summed E-state index contributed by atoms with van der Waals surface area (Å²) < 4.78 is 0. The minimum absolute atomic E-state index is 0.118. The van der Waals surface area contributed by atoms with Gasteiger partial charge in [-0.2, -0.15) is 0 Å². The normalized spacial score (nSPS) is 10.5. The number of rotatable bonds is 8. The number of anilines is 3. The second kappa shape index (κ2) is 11.1. The predicted octanol–water partition coefficient (Wildman–Crippen LogP) is 5.22. The molecular weight excluding hydrogens is 414 g/mol. The van der Waals surface area contributed by atoms with Crippen LogP contribution in [0.5, 0.6) is 0 Å². The van der Waals surface area contributed by atoms with E-state index in [2.05, 4.69) is 16.0 Å². The maximum absolute atomic E-state index is 13.0. The molecule has 0 radical (unpaired) electrons. The van der Waals surface area contributed by atoms with Crippen LogP contribution in [0.4, 0.5) is 17.1 Å². The zero-order chi connectivity index (χ0) is 23.8. The molecule has 0 aliphatic heterocycles. The van der Waals surface area contributed by atoms with Gasteiger partial charge in [-0.05, 0) is 73.9 Å². The van der Waals surface area contributed by atoms with Gasteiger partial charge >= 0.3 is 0 Å². The molecule has 3 aromatic carbocycles. The fourth-order valence-electron chi connectivity index (χ4n) is 3.54. The van der Waals surface area contributed by atoms with Crippen LogP contribution >= 0.6 is 0 Å². The highest BCUT2D eigenvalue weighted by Gasteiger charge is 2.25. The van der Waals surface area contributed by atoms with Crippen LogP contribution < -0.4 is 16.0 Å². The number of carbonyl (C=O) groups excluding carboxylic acids is 3. The third-order valence-electron chi connectivity index (χ3n) is 5.12. The molecule has 0 aliphatic carbocycles. The van der Waals surface area contributed by atoms with Crippen LogP contribution in [0.25, 0.3) is 0 Å². The van der Waals surface area contributed by atoms with E-state index < -0.39 is 5.92 Å². The largest absolute Gasteiger partial charge is 0.326 e. The maximum Gasteiger partial charge on any atom is 0.228 e. The van der Waals surface area contributed by atoms with Crippen LogP contribution in [0.2, 0.25) is 0 Å². The Bertz CT molecular complexity index is 1100. The fourth-order valence-corrected chi connectivity index (χ4v) is 3.54. The van der Waals surface area contributed by atoms with Crippen molar-refractivity contribution in [2.45, 2.75) is 33.6 Å². The highest BCUT2D eigenvalue weighted by Crippen LogP contribution is 2.19. The maximum atomic E-state index is 13.0. The van der Waals surface area contributed by atoms with Gasteiger partial charge in [-0.15, -0.1) is 0 Å². The van der Waals surface area contributed by atoms with Crippen LogP contribution in [0, 0.1) is 26.7 Å². The monoisotopic (exact) mass is 443 g/mol. The number of nitrogens with one attached hydrogen (secondary N) is 3. The molecule has 0 saturated heterocycles. The van der Waals surface area contributed by atoms with E-state index in [4.69, 9.17) is 0 Å². The highest BCUT2D eigenvalue weighted by molar-refractivity contribution is 6.01. The zero-order valence-corrected chi connectivity index (χ0v) is 19.1. The summed E-state index contributed by atoms with van der Waals surface area (Å²) in [6.07, 6.45) is -0.236. The van der Waals surface area contributed by atoms with Gasteiger partial charge in [-0.3, -0.25) is 14.4 Å². The molecule has 3 amide bonds. The molecule has 6 heteroatoms. The van der Waals surface area contributed by atoms with Crippen LogP contribution in [0.3, 0.4) is 0 Å². The molecule has 0 aliphatic rings. The molecule has 0 atom stereocenters. The summed E-state index contributed by atoms with van der Waals surface area (Å²) in [6, 6.07) is 22.2. The quantitative estimate of drug-likeness (QED) is 0.446. The van der Waals surface area contributed by atoms with E-state index in [1.165, 1.54) is 0 Å². The smallest absolute Gasteiger partial charge is 0.228 e. The van der Waals surface area contributed by atoms with E-state index >= 15 is 0 Å². The van der Waals surface area contributed by atoms with Gasteiger partial charge in [0.1, 0.15) is 0 Å². The second-order valence-corrected chi connectivity index (χ2v) is 8.30. The summed E-state index contributed by atoms with van der Waals surface area (Å²) in [4.78, 5) is 38.5. The first-order valence-electron chi connectivity index (χ1n) is 10.9. The van der Waals surface area contributed by atoms with Crippen molar-refractivity contribution < 1.29 is 14.4 Å². The first-order valence-corrected chi connectivity index (χ1v) is 10.9. The van der Waals surface area contributed by atoms with Gasteiger partial charge in [0.15, 0.2) is 0 Å².